The highest BCUT2D eigenvalue weighted by atomic mass is 28.4. The van der Waals surface area contributed by atoms with Crippen LogP contribution in [0, 0.1) is 0 Å². The fraction of sp³-hybridized carbons (Fsp3) is 0.300. The third-order valence-electron chi connectivity index (χ3n) is 1.71. The highest BCUT2D eigenvalue weighted by Crippen LogP contribution is 2.02. The molecule has 0 spiro atoms. The third-order valence-corrected chi connectivity index (χ3v) is 2.72. The second kappa shape index (κ2) is 4.37. The normalized spacial score (nSPS) is 11.1. The molecule has 0 fully saturated rings. The van der Waals surface area contributed by atoms with Gasteiger partial charge in [-0.05, 0) is 25.2 Å². The van der Waals surface area contributed by atoms with Crippen LogP contribution in [0.1, 0.15) is 10.4 Å². The van der Waals surface area contributed by atoms with Gasteiger partial charge in [-0.2, -0.15) is 0 Å². The Morgan fingerprint density at radius 2 is 1.93 bits per heavy atom. The largest absolute Gasteiger partial charge is 0.352 e. The maximum atomic E-state index is 13.2. The number of rotatable bonds is 3. The molecule has 0 aliphatic rings. The number of halogens is 1. The molecule has 0 saturated heterocycles. The van der Waals surface area contributed by atoms with Gasteiger partial charge in [0.2, 0.25) is 0 Å². The van der Waals surface area contributed by atoms with Crippen LogP contribution < -0.4 is 5.32 Å². The average molecular weight is 211 g/mol. The van der Waals surface area contributed by atoms with Crippen molar-refractivity contribution >= 4 is 14.3 Å². The zero-order chi connectivity index (χ0) is 10.6. The third kappa shape index (κ3) is 3.70. The van der Waals surface area contributed by atoms with Gasteiger partial charge in [-0.25, -0.2) is 0 Å². The summed E-state index contributed by atoms with van der Waals surface area (Å²) in [6.07, 6.45) is 0.167. The van der Waals surface area contributed by atoms with Crippen molar-refractivity contribution in [3.63, 3.8) is 0 Å². The fourth-order valence-corrected chi connectivity index (χ4v) is 1.56. The van der Waals surface area contributed by atoms with Crippen LogP contribution >= 0.6 is 0 Å². The van der Waals surface area contributed by atoms with Gasteiger partial charge in [0.05, 0.1) is 0 Å². The summed E-state index contributed by atoms with van der Waals surface area (Å²) < 4.78 is 13.2. The average Bonchev–Trinajstić information content (AvgIpc) is 2.14. The van der Waals surface area contributed by atoms with Crippen molar-refractivity contribution in [3.05, 3.63) is 35.9 Å². The van der Waals surface area contributed by atoms with Crippen molar-refractivity contribution in [2.24, 2.45) is 0 Å². The predicted molar refractivity (Wildman–Crippen MR) is 57.4 cm³/mol. The molecule has 1 amide bonds. The Kier molecular flexibility index (Phi) is 3.41. The van der Waals surface area contributed by atoms with E-state index in [9.17, 15) is 8.90 Å². The van der Waals surface area contributed by atoms with E-state index in [1.807, 2.05) is 6.07 Å². The van der Waals surface area contributed by atoms with Gasteiger partial charge < -0.3 is 9.42 Å². The Balaban J connectivity index is 2.52. The van der Waals surface area contributed by atoms with E-state index in [-0.39, 0.29) is 12.1 Å². The van der Waals surface area contributed by atoms with Gasteiger partial charge in [0.1, 0.15) is 0 Å². The second-order valence-corrected chi connectivity index (χ2v) is 7.56. The maximum Gasteiger partial charge on any atom is 0.259 e. The lowest BCUT2D eigenvalue weighted by Gasteiger charge is -2.11. The molecule has 14 heavy (non-hydrogen) atoms. The van der Waals surface area contributed by atoms with Gasteiger partial charge in [-0.1, -0.05) is 18.2 Å². The molecule has 76 valence electrons. The quantitative estimate of drug-likeness (QED) is 0.602. The van der Waals surface area contributed by atoms with E-state index in [0.717, 1.165) is 0 Å². The van der Waals surface area contributed by atoms with Crippen molar-refractivity contribution in [2.45, 2.75) is 13.1 Å². The molecule has 4 heteroatoms. The Hall–Kier alpha value is -1.16. The zero-order valence-corrected chi connectivity index (χ0v) is 9.38. The van der Waals surface area contributed by atoms with Crippen LogP contribution in [0.3, 0.4) is 0 Å². The molecule has 1 aromatic carbocycles. The van der Waals surface area contributed by atoms with E-state index >= 15 is 0 Å². The minimum Gasteiger partial charge on any atom is -0.352 e. The Morgan fingerprint density at radius 1 is 1.36 bits per heavy atom. The van der Waals surface area contributed by atoms with Gasteiger partial charge in [-0.3, -0.25) is 4.79 Å². The molecule has 1 aromatic rings. The van der Waals surface area contributed by atoms with Gasteiger partial charge in [0, 0.05) is 11.7 Å². The predicted octanol–water partition coefficient (Wildman–Crippen LogP) is 2.13. The molecule has 0 radical (unpaired) electrons. The molecule has 0 bridgehead atoms. The van der Waals surface area contributed by atoms with Crippen LogP contribution in [-0.4, -0.2) is 20.5 Å². The first-order chi connectivity index (χ1) is 6.49. The van der Waals surface area contributed by atoms with Crippen LogP contribution in [0.2, 0.25) is 13.1 Å². The SMILES string of the molecule is C[Si](C)(F)CNC(=O)c1ccccc1. The van der Waals surface area contributed by atoms with E-state index < -0.39 is 8.41 Å². The van der Waals surface area contributed by atoms with Gasteiger partial charge in [-0.15, -0.1) is 0 Å². The summed E-state index contributed by atoms with van der Waals surface area (Å²) in [5, 5.41) is 2.59. The minimum absolute atomic E-state index is 0.167. The molecule has 2 nitrogen and oxygen atoms in total. The topological polar surface area (TPSA) is 29.1 Å². The van der Waals surface area contributed by atoms with Crippen LogP contribution in [0.5, 0.6) is 0 Å². The first-order valence-corrected chi connectivity index (χ1v) is 7.60. The molecule has 0 unspecified atom stereocenters. The summed E-state index contributed by atoms with van der Waals surface area (Å²) in [7, 11) is -2.68. The van der Waals surface area contributed by atoms with Gasteiger partial charge in [0.25, 0.3) is 14.3 Å². The lowest BCUT2D eigenvalue weighted by atomic mass is 10.2. The highest BCUT2D eigenvalue weighted by Gasteiger charge is 2.21. The highest BCUT2D eigenvalue weighted by molar-refractivity contribution is 6.70. The molecule has 0 heterocycles. The molecule has 0 aliphatic carbocycles. The van der Waals surface area contributed by atoms with Crippen LogP contribution in [0.15, 0.2) is 30.3 Å². The van der Waals surface area contributed by atoms with Crippen molar-refractivity contribution in [1.29, 1.82) is 0 Å². The van der Waals surface area contributed by atoms with Crippen LogP contribution in [-0.2, 0) is 0 Å². The van der Waals surface area contributed by atoms with Gasteiger partial charge >= 0.3 is 0 Å². The van der Waals surface area contributed by atoms with Crippen molar-refractivity contribution in [2.75, 3.05) is 6.17 Å². The zero-order valence-electron chi connectivity index (χ0n) is 8.38. The number of carbonyl (C=O) groups excluding carboxylic acids is 1. The van der Waals surface area contributed by atoms with E-state index in [2.05, 4.69) is 5.32 Å². The summed E-state index contributed by atoms with van der Waals surface area (Å²) in [5.41, 5.74) is 0.575. The molecule has 0 saturated carbocycles. The van der Waals surface area contributed by atoms with Crippen LogP contribution in [0.4, 0.5) is 4.11 Å². The Morgan fingerprint density at radius 3 is 2.43 bits per heavy atom. The number of amides is 1. The number of nitrogens with one attached hydrogen (secondary N) is 1. The molecule has 0 aromatic heterocycles. The minimum atomic E-state index is -2.68. The smallest absolute Gasteiger partial charge is 0.259 e. The maximum absolute atomic E-state index is 13.2. The lowest BCUT2D eigenvalue weighted by Crippen LogP contribution is -2.39. The monoisotopic (exact) mass is 211 g/mol. The number of benzene rings is 1. The van der Waals surface area contributed by atoms with Crippen molar-refractivity contribution < 1.29 is 8.90 Å². The molecular formula is C10H14FNOSi. The molecular weight excluding hydrogens is 197 g/mol. The molecule has 0 aliphatic heterocycles. The lowest BCUT2D eigenvalue weighted by molar-refractivity contribution is 0.0958. The fourth-order valence-electron chi connectivity index (χ4n) is 0.982. The molecule has 1 rings (SSSR count). The Bertz CT molecular complexity index is 308. The Labute approximate surface area is 84.3 Å². The van der Waals surface area contributed by atoms with E-state index in [0.29, 0.717) is 5.56 Å². The number of hydrogen-bond acceptors (Lipinski definition) is 1. The first-order valence-electron chi connectivity index (χ1n) is 4.51. The molecule has 1 N–H and O–H groups in total. The summed E-state index contributed by atoms with van der Waals surface area (Å²) in [5.74, 6) is -0.205. The number of hydrogen-bond donors (Lipinski definition) is 1. The number of carbonyl (C=O) groups is 1. The van der Waals surface area contributed by atoms with Crippen molar-refractivity contribution in [1.82, 2.24) is 5.32 Å². The first kappa shape index (κ1) is 10.9. The van der Waals surface area contributed by atoms with E-state index in [4.69, 9.17) is 0 Å². The summed E-state index contributed by atoms with van der Waals surface area (Å²) in [6, 6.07) is 8.83. The molecule has 0 atom stereocenters. The second-order valence-electron chi connectivity index (χ2n) is 3.77. The van der Waals surface area contributed by atoms with E-state index in [1.54, 1.807) is 37.4 Å². The summed E-state index contributed by atoms with van der Waals surface area (Å²) >= 11 is 0. The van der Waals surface area contributed by atoms with E-state index in [1.165, 1.54) is 0 Å². The summed E-state index contributed by atoms with van der Waals surface area (Å²) in [6.45, 7) is 3.14. The van der Waals surface area contributed by atoms with Crippen molar-refractivity contribution in [3.8, 4) is 0 Å². The standard InChI is InChI=1S/C10H14FNOSi/c1-14(2,11)8-12-10(13)9-6-4-3-5-7-9/h3-7H,8H2,1-2H3,(H,12,13). The summed E-state index contributed by atoms with van der Waals surface area (Å²) in [4.78, 5) is 11.4. The van der Waals surface area contributed by atoms with Crippen LogP contribution in [0.25, 0.3) is 0 Å². The van der Waals surface area contributed by atoms with Gasteiger partial charge in [0.15, 0.2) is 0 Å².